The van der Waals surface area contributed by atoms with Gasteiger partial charge in [0, 0.05) is 25.3 Å². The fourth-order valence-corrected chi connectivity index (χ4v) is 4.35. The summed E-state index contributed by atoms with van der Waals surface area (Å²) in [5.41, 5.74) is 5.74. The van der Waals surface area contributed by atoms with Gasteiger partial charge in [0.25, 0.3) is 0 Å². The monoisotopic (exact) mass is 737 g/mol. The van der Waals surface area contributed by atoms with Gasteiger partial charge in [-0.2, -0.15) is 0 Å². The Morgan fingerprint density at radius 3 is 1.81 bits per heavy atom. The van der Waals surface area contributed by atoms with Gasteiger partial charge in [0.1, 0.15) is 18.7 Å². The van der Waals surface area contributed by atoms with Gasteiger partial charge in [0.15, 0.2) is 0 Å². The van der Waals surface area contributed by atoms with E-state index in [1.54, 1.807) is 58.9 Å². The van der Waals surface area contributed by atoms with E-state index in [1.165, 1.54) is 0 Å². The number of carbonyl (C=O) groups excluding carboxylic acids is 5. The Labute approximate surface area is 309 Å². The number of esters is 1. The van der Waals surface area contributed by atoms with Crippen LogP contribution in [0.15, 0.2) is 24.3 Å². The number of nitrogens with one attached hydrogen (secondary N) is 4. The molecule has 0 radical (unpaired) electrons. The molecule has 0 heterocycles. The Morgan fingerprint density at radius 2 is 1.29 bits per heavy atom. The molecule has 52 heavy (non-hydrogen) atoms. The molecule has 0 saturated heterocycles. The minimum atomic E-state index is -0.982. The zero-order valence-electron chi connectivity index (χ0n) is 32.2. The van der Waals surface area contributed by atoms with Crippen LogP contribution in [0.4, 0.5) is 10.5 Å². The highest BCUT2D eigenvalue weighted by molar-refractivity contribution is 5.98. The molecule has 1 aromatic carbocycles. The molecule has 6 N–H and O–H groups in total. The predicted octanol–water partition coefficient (Wildman–Crippen LogP) is 3.29. The summed E-state index contributed by atoms with van der Waals surface area (Å²) in [6.07, 6.45) is 1.59. The number of anilines is 1. The molecule has 0 bridgehead atoms. The van der Waals surface area contributed by atoms with E-state index in [1.807, 2.05) is 0 Å². The third-order valence-electron chi connectivity index (χ3n) is 7.50. The molecule has 0 saturated carbocycles. The van der Waals surface area contributed by atoms with Crippen molar-refractivity contribution in [2.75, 3.05) is 64.7 Å². The van der Waals surface area contributed by atoms with Gasteiger partial charge in [-0.05, 0) is 69.6 Å². The Morgan fingerprint density at radius 1 is 0.731 bits per heavy atom. The molecular weight excluding hydrogens is 674 g/mol. The van der Waals surface area contributed by atoms with Crippen LogP contribution in [-0.4, -0.2) is 101 Å². The lowest BCUT2D eigenvalue weighted by Crippen LogP contribution is -2.54. The first kappa shape index (κ1) is 46.2. The molecule has 0 aliphatic heterocycles. The summed E-state index contributed by atoms with van der Waals surface area (Å²) in [7, 11) is 0. The van der Waals surface area contributed by atoms with Crippen LogP contribution in [-0.2, 0) is 49.5 Å². The topological polar surface area (TPSA) is 206 Å². The van der Waals surface area contributed by atoms with E-state index in [0.717, 1.165) is 18.6 Å². The largest absolute Gasteiger partial charge is 0.460 e. The van der Waals surface area contributed by atoms with Gasteiger partial charge in [0.2, 0.25) is 17.7 Å². The van der Waals surface area contributed by atoms with Gasteiger partial charge in [-0.3, -0.25) is 19.2 Å². The lowest BCUT2D eigenvalue weighted by atomic mass is 9.97. The molecule has 0 aliphatic rings. The molecule has 0 fully saturated rings. The molecule has 1 rings (SSSR count). The summed E-state index contributed by atoms with van der Waals surface area (Å²) in [4.78, 5) is 62.6. The normalized spacial score (nSPS) is 12.6. The van der Waals surface area contributed by atoms with Crippen molar-refractivity contribution in [2.24, 2.45) is 23.0 Å². The number of nitrogens with two attached hydrogens (primary N) is 1. The maximum atomic E-state index is 13.4. The van der Waals surface area contributed by atoms with Gasteiger partial charge in [0.05, 0.1) is 51.7 Å². The van der Waals surface area contributed by atoms with E-state index < -0.39 is 35.3 Å². The van der Waals surface area contributed by atoms with E-state index in [0.29, 0.717) is 57.7 Å². The Balaban J connectivity index is 2.56. The predicted molar refractivity (Wildman–Crippen MR) is 197 cm³/mol. The van der Waals surface area contributed by atoms with Crippen molar-refractivity contribution in [1.82, 2.24) is 16.0 Å². The van der Waals surface area contributed by atoms with Crippen molar-refractivity contribution < 1.29 is 47.7 Å². The first-order valence-corrected chi connectivity index (χ1v) is 18.1. The Hall–Kier alpha value is -3.79. The number of benzene rings is 1. The van der Waals surface area contributed by atoms with Gasteiger partial charge in [-0.25, -0.2) is 4.79 Å². The summed E-state index contributed by atoms with van der Waals surface area (Å²) in [6.45, 7) is 16.9. The smallest absolute Gasteiger partial charge is 0.312 e. The van der Waals surface area contributed by atoms with E-state index in [9.17, 15) is 24.0 Å². The van der Waals surface area contributed by atoms with Gasteiger partial charge in [-0.15, -0.1) is 0 Å². The highest BCUT2D eigenvalue weighted by Crippen LogP contribution is 2.18. The van der Waals surface area contributed by atoms with Gasteiger partial charge >= 0.3 is 12.0 Å². The number of ether oxygens (including phenoxy) is 5. The average Bonchev–Trinajstić information content (AvgIpc) is 3.07. The zero-order valence-corrected chi connectivity index (χ0v) is 32.2. The lowest BCUT2D eigenvalue weighted by Gasteiger charge is -2.25. The maximum Gasteiger partial charge on any atom is 0.312 e. The zero-order chi connectivity index (χ0) is 38.9. The number of primary amides is 1. The molecule has 15 heteroatoms. The molecule has 5 amide bonds. The average molecular weight is 738 g/mol. The summed E-state index contributed by atoms with van der Waals surface area (Å²) >= 11 is 0. The summed E-state index contributed by atoms with van der Waals surface area (Å²) in [5, 5.41) is 10.8. The number of carbonyl (C=O) groups is 5. The molecule has 1 aromatic rings. The molecule has 15 nitrogen and oxygen atoms in total. The number of hydrogen-bond acceptors (Lipinski definition) is 10. The second-order valence-electron chi connectivity index (χ2n) is 14.2. The van der Waals surface area contributed by atoms with Crippen molar-refractivity contribution >= 4 is 35.4 Å². The molecular formula is C37H63N5O10. The molecule has 296 valence electrons. The van der Waals surface area contributed by atoms with Gasteiger partial charge in [-0.1, -0.05) is 39.8 Å². The van der Waals surface area contributed by atoms with Crippen LogP contribution in [0.5, 0.6) is 0 Å². The van der Waals surface area contributed by atoms with Crippen LogP contribution < -0.4 is 27.0 Å². The molecule has 1 unspecified atom stereocenters. The van der Waals surface area contributed by atoms with Crippen molar-refractivity contribution in [3.8, 4) is 0 Å². The van der Waals surface area contributed by atoms with Crippen molar-refractivity contribution in [1.29, 1.82) is 0 Å². The maximum absolute atomic E-state index is 13.4. The quantitative estimate of drug-likeness (QED) is 0.0658. The Kier molecular flexibility index (Phi) is 23.2. The van der Waals surface area contributed by atoms with Crippen molar-refractivity contribution in [3.63, 3.8) is 0 Å². The summed E-state index contributed by atoms with van der Waals surface area (Å²) in [6, 6.07) is 4.19. The standard InChI is InChI=1S/C37H63N5O10/c1-26(2)14-17-48-19-21-50-23-24-51-22-20-49-18-15-31(43)42-32(27(3)4)34(45)41-30(9-8-16-39-36(38)47)33(44)40-29-12-10-28(11-13-29)25-52-35(46)37(5,6)7/h10-13,26-27,30,32H,8-9,14-25H2,1-7H3,(H,40,44)(H,41,45)(H,42,43)(H3,38,39,47)/t30?,32-/m1/s1. The van der Waals surface area contributed by atoms with Crippen LogP contribution in [0.25, 0.3) is 0 Å². The molecule has 0 aliphatic carbocycles. The van der Waals surface area contributed by atoms with Crippen LogP contribution in [0.2, 0.25) is 0 Å². The summed E-state index contributed by atoms with van der Waals surface area (Å²) in [5.74, 6) is -1.39. The molecule has 2 atom stereocenters. The fraction of sp³-hybridized carbons (Fsp3) is 0.703. The minimum absolute atomic E-state index is 0.0323. The van der Waals surface area contributed by atoms with E-state index in [2.05, 4.69) is 35.1 Å². The van der Waals surface area contributed by atoms with E-state index in [-0.39, 0.29) is 50.4 Å². The first-order valence-electron chi connectivity index (χ1n) is 18.1. The highest BCUT2D eigenvalue weighted by atomic mass is 16.6. The number of urea groups is 1. The molecule has 0 aromatic heterocycles. The van der Waals surface area contributed by atoms with Crippen LogP contribution >= 0.6 is 0 Å². The third-order valence-corrected chi connectivity index (χ3v) is 7.50. The minimum Gasteiger partial charge on any atom is -0.460 e. The number of amides is 5. The van der Waals surface area contributed by atoms with Crippen molar-refractivity contribution in [3.05, 3.63) is 29.8 Å². The Bertz CT molecular complexity index is 1200. The number of hydrogen-bond donors (Lipinski definition) is 5. The van der Waals surface area contributed by atoms with Crippen LogP contribution in [0.3, 0.4) is 0 Å². The SMILES string of the molecule is CC(C)CCOCCOCCOCCOCCC(=O)N[C@@H](C(=O)NC(CCCNC(N)=O)C(=O)Nc1ccc(COC(=O)C(C)(C)C)cc1)C(C)C. The first-order chi connectivity index (χ1) is 24.6. The number of rotatable bonds is 27. The van der Waals surface area contributed by atoms with Crippen LogP contribution in [0, 0.1) is 17.3 Å². The van der Waals surface area contributed by atoms with Crippen molar-refractivity contribution in [2.45, 2.75) is 92.8 Å². The fourth-order valence-electron chi connectivity index (χ4n) is 4.35. The molecule has 0 spiro atoms. The highest BCUT2D eigenvalue weighted by Gasteiger charge is 2.29. The van der Waals surface area contributed by atoms with E-state index >= 15 is 0 Å². The van der Waals surface area contributed by atoms with E-state index in [4.69, 9.17) is 29.4 Å². The van der Waals surface area contributed by atoms with Crippen LogP contribution in [0.1, 0.15) is 79.7 Å². The second-order valence-corrected chi connectivity index (χ2v) is 14.2. The summed E-state index contributed by atoms with van der Waals surface area (Å²) < 4.78 is 27.3. The second kappa shape index (κ2) is 26.0. The lowest BCUT2D eigenvalue weighted by molar-refractivity contribution is -0.154. The van der Waals surface area contributed by atoms with Gasteiger partial charge < -0.3 is 50.7 Å². The third kappa shape index (κ3) is 22.2.